The molecule has 2 nitrogen and oxygen atoms in total. The second kappa shape index (κ2) is 6.02. The van der Waals surface area contributed by atoms with Gasteiger partial charge in [0.1, 0.15) is 0 Å². The van der Waals surface area contributed by atoms with E-state index >= 15 is 0 Å². The summed E-state index contributed by atoms with van der Waals surface area (Å²) in [6.07, 6.45) is 2.55. The number of hydrogen-bond acceptors (Lipinski definition) is 2. The molecule has 0 radical (unpaired) electrons. The summed E-state index contributed by atoms with van der Waals surface area (Å²) in [4.78, 5) is 0. The highest BCUT2D eigenvalue weighted by atomic mass is 14.9. The standard InChI is InChI=1S/C14H22N2/c1-2-3-8-15-10-13-11-16-9-12-6-4-5-7-14(12)13/h4-7,13,15-16H,2-3,8-11H2,1H3. The third kappa shape index (κ3) is 2.83. The highest BCUT2D eigenvalue weighted by Crippen LogP contribution is 2.22. The summed E-state index contributed by atoms with van der Waals surface area (Å²) < 4.78 is 0. The first kappa shape index (κ1) is 11.6. The molecule has 88 valence electrons. The lowest BCUT2D eigenvalue weighted by Gasteiger charge is -2.26. The second-order valence-electron chi connectivity index (χ2n) is 4.58. The summed E-state index contributed by atoms with van der Waals surface area (Å²) in [5, 5.41) is 7.05. The zero-order valence-electron chi connectivity index (χ0n) is 10.1. The van der Waals surface area contributed by atoms with E-state index in [-0.39, 0.29) is 0 Å². The van der Waals surface area contributed by atoms with E-state index in [4.69, 9.17) is 0 Å². The first-order chi connectivity index (χ1) is 7.92. The Hall–Kier alpha value is -0.860. The minimum atomic E-state index is 0.641. The van der Waals surface area contributed by atoms with E-state index in [9.17, 15) is 0 Å². The van der Waals surface area contributed by atoms with Crippen molar-refractivity contribution in [2.24, 2.45) is 0 Å². The molecule has 0 fully saturated rings. The van der Waals surface area contributed by atoms with Gasteiger partial charge in [-0.2, -0.15) is 0 Å². The number of nitrogens with one attached hydrogen (secondary N) is 2. The van der Waals surface area contributed by atoms with Crippen LogP contribution < -0.4 is 10.6 Å². The predicted octanol–water partition coefficient (Wildman–Crippen LogP) is 2.26. The maximum absolute atomic E-state index is 3.56. The molecular weight excluding hydrogens is 196 g/mol. The summed E-state index contributed by atoms with van der Waals surface area (Å²) in [7, 11) is 0. The molecule has 1 unspecified atom stereocenters. The van der Waals surface area contributed by atoms with Crippen LogP contribution in [0, 0.1) is 0 Å². The summed E-state index contributed by atoms with van der Waals surface area (Å²) in [6, 6.07) is 8.81. The quantitative estimate of drug-likeness (QED) is 0.741. The van der Waals surface area contributed by atoms with Crippen LogP contribution >= 0.6 is 0 Å². The number of fused-ring (bicyclic) bond motifs is 1. The number of rotatable bonds is 5. The maximum atomic E-state index is 3.56. The van der Waals surface area contributed by atoms with E-state index in [0.717, 1.165) is 26.2 Å². The Labute approximate surface area is 98.4 Å². The molecule has 16 heavy (non-hydrogen) atoms. The molecular formula is C14H22N2. The van der Waals surface area contributed by atoms with Crippen LogP contribution in [0.2, 0.25) is 0 Å². The van der Waals surface area contributed by atoms with Crippen LogP contribution in [0.5, 0.6) is 0 Å². The van der Waals surface area contributed by atoms with E-state index in [2.05, 4.69) is 41.8 Å². The molecule has 1 aliphatic rings. The SMILES string of the molecule is CCCCNCC1CNCc2ccccc21. The Bertz CT molecular complexity index is 322. The van der Waals surface area contributed by atoms with Crippen LogP contribution in [0.25, 0.3) is 0 Å². The van der Waals surface area contributed by atoms with Crippen LogP contribution in [0.3, 0.4) is 0 Å². The normalized spacial score (nSPS) is 19.4. The average Bonchev–Trinajstić information content (AvgIpc) is 2.35. The van der Waals surface area contributed by atoms with Gasteiger partial charge in [0.15, 0.2) is 0 Å². The minimum Gasteiger partial charge on any atom is -0.316 e. The predicted molar refractivity (Wildman–Crippen MR) is 68.7 cm³/mol. The van der Waals surface area contributed by atoms with Crippen molar-refractivity contribution < 1.29 is 0 Å². The molecule has 1 aliphatic heterocycles. The summed E-state index contributed by atoms with van der Waals surface area (Å²) in [5.74, 6) is 0.641. The fourth-order valence-electron chi connectivity index (χ4n) is 2.34. The second-order valence-corrected chi connectivity index (χ2v) is 4.58. The van der Waals surface area contributed by atoms with E-state index in [1.54, 1.807) is 0 Å². The lowest BCUT2D eigenvalue weighted by atomic mass is 9.91. The number of hydrogen-bond donors (Lipinski definition) is 2. The van der Waals surface area contributed by atoms with Gasteiger partial charge in [-0.25, -0.2) is 0 Å². The van der Waals surface area contributed by atoms with Crippen molar-refractivity contribution in [2.45, 2.75) is 32.2 Å². The van der Waals surface area contributed by atoms with Crippen LogP contribution in [0.4, 0.5) is 0 Å². The molecule has 1 atom stereocenters. The molecule has 0 amide bonds. The fraction of sp³-hybridized carbons (Fsp3) is 0.571. The molecule has 0 saturated heterocycles. The van der Waals surface area contributed by atoms with Gasteiger partial charge in [0.25, 0.3) is 0 Å². The van der Waals surface area contributed by atoms with Gasteiger partial charge in [0, 0.05) is 25.6 Å². The van der Waals surface area contributed by atoms with Crippen molar-refractivity contribution in [1.29, 1.82) is 0 Å². The molecule has 0 saturated carbocycles. The number of unbranched alkanes of at least 4 members (excludes halogenated alkanes) is 1. The van der Waals surface area contributed by atoms with E-state index in [0.29, 0.717) is 5.92 Å². The lowest BCUT2D eigenvalue weighted by Crippen LogP contribution is -2.34. The topological polar surface area (TPSA) is 24.1 Å². The van der Waals surface area contributed by atoms with E-state index in [1.165, 1.54) is 24.0 Å². The van der Waals surface area contributed by atoms with Crippen molar-refractivity contribution in [3.8, 4) is 0 Å². The van der Waals surface area contributed by atoms with Gasteiger partial charge in [-0.1, -0.05) is 37.6 Å². The maximum Gasteiger partial charge on any atom is 0.0208 e. The molecule has 1 heterocycles. The van der Waals surface area contributed by atoms with Gasteiger partial charge >= 0.3 is 0 Å². The summed E-state index contributed by atoms with van der Waals surface area (Å²) >= 11 is 0. The van der Waals surface area contributed by atoms with Crippen molar-refractivity contribution in [1.82, 2.24) is 10.6 Å². The third-order valence-corrected chi connectivity index (χ3v) is 3.30. The molecule has 1 aromatic carbocycles. The molecule has 0 bridgehead atoms. The Morgan fingerprint density at radius 1 is 1.38 bits per heavy atom. The lowest BCUT2D eigenvalue weighted by molar-refractivity contribution is 0.499. The van der Waals surface area contributed by atoms with Crippen molar-refractivity contribution >= 4 is 0 Å². The zero-order valence-corrected chi connectivity index (χ0v) is 10.1. The average molecular weight is 218 g/mol. The summed E-state index contributed by atoms with van der Waals surface area (Å²) in [6.45, 7) is 6.62. The van der Waals surface area contributed by atoms with Gasteiger partial charge < -0.3 is 10.6 Å². The monoisotopic (exact) mass is 218 g/mol. The van der Waals surface area contributed by atoms with Gasteiger partial charge in [-0.3, -0.25) is 0 Å². The molecule has 2 heteroatoms. The molecule has 2 N–H and O–H groups in total. The first-order valence-electron chi connectivity index (χ1n) is 6.41. The van der Waals surface area contributed by atoms with Gasteiger partial charge in [-0.15, -0.1) is 0 Å². The summed E-state index contributed by atoms with van der Waals surface area (Å²) in [5.41, 5.74) is 3.00. The van der Waals surface area contributed by atoms with E-state index in [1.807, 2.05) is 0 Å². The number of benzene rings is 1. The molecule has 0 spiro atoms. The van der Waals surface area contributed by atoms with Crippen LogP contribution in [0.1, 0.15) is 36.8 Å². The molecule has 1 aromatic rings. The van der Waals surface area contributed by atoms with E-state index < -0.39 is 0 Å². The minimum absolute atomic E-state index is 0.641. The van der Waals surface area contributed by atoms with Crippen LogP contribution in [-0.2, 0) is 6.54 Å². The Morgan fingerprint density at radius 2 is 2.25 bits per heavy atom. The van der Waals surface area contributed by atoms with Gasteiger partial charge in [0.2, 0.25) is 0 Å². The Kier molecular flexibility index (Phi) is 4.37. The van der Waals surface area contributed by atoms with Gasteiger partial charge in [-0.05, 0) is 24.1 Å². The first-order valence-corrected chi connectivity index (χ1v) is 6.41. The van der Waals surface area contributed by atoms with Crippen molar-refractivity contribution in [2.75, 3.05) is 19.6 Å². The van der Waals surface area contributed by atoms with Crippen molar-refractivity contribution in [3.05, 3.63) is 35.4 Å². The smallest absolute Gasteiger partial charge is 0.0208 e. The Balaban J connectivity index is 1.91. The molecule has 0 aliphatic carbocycles. The molecule has 0 aromatic heterocycles. The highest BCUT2D eigenvalue weighted by molar-refractivity contribution is 5.32. The van der Waals surface area contributed by atoms with Gasteiger partial charge in [0.05, 0.1) is 0 Å². The van der Waals surface area contributed by atoms with Crippen LogP contribution in [0.15, 0.2) is 24.3 Å². The third-order valence-electron chi connectivity index (χ3n) is 3.30. The Morgan fingerprint density at radius 3 is 3.12 bits per heavy atom. The highest BCUT2D eigenvalue weighted by Gasteiger charge is 2.18. The largest absolute Gasteiger partial charge is 0.316 e. The fourth-order valence-corrected chi connectivity index (χ4v) is 2.34. The zero-order chi connectivity index (χ0) is 11.2. The molecule has 2 rings (SSSR count). The van der Waals surface area contributed by atoms with Crippen LogP contribution in [-0.4, -0.2) is 19.6 Å². The van der Waals surface area contributed by atoms with Crippen molar-refractivity contribution in [3.63, 3.8) is 0 Å².